The fourth-order valence-corrected chi connectivity index (χ4v) is 1.42. The second kappa shape index (κ2) is 5.59. The molecular weight excluding hydrogens is 230 g/mol. The van der Waals surface area contributed by atoms with Crippen LogP contribution in [0.1, 0.15) is 11.3 Å². The molecule has 0 spiro atoms. The van der Waals surface area contributed by atoms with E-state index >= 15 is 0 Å². The summed E-state index contributed by atoms with van der Waals surface area (Å²) in [4.78, 5) is 12.1. The van der Waals surface area contributed by atoms with Gasteiger partial charge in [0.05, 0.1) is 7.11 Å². The van der Waals surface area contributed by atoms with Gasteiger partial charge in [-0.05, 0) is 12.1 Å². The first-order chi connectivity index (χ1) is 8.83. The zero-order chi connectivity index (χ0) is 12.8. The lowest BCUT2D eigenvalue weighted by atomic mass is 10.3. The molecule has 0 aromatic carbocycles. The van der Waals surface area contributed by atoms with Crippen LogP contribution in [0.5, 0.6) is 5.88 Å². The van der Waals surface area contributed by atoms with Crippen LogP contribution in [-0.4, -0.2) is 22.1 Å². The minimum absolute atomic E-state index is 0.325. The molecule has 0 aliphatic carbocycles. The molecular formula is C12H11N5O. The van der Waals surface area contributed by atoms with Crippen molar-refractivity contribution in [1.82, 2.24) is 15.0 Å². The first-order valence-corrected chi connectivity index (χ1v) is 5.28. The molecule has 0 saturated carbocycles. The Morgan fingerprint density at radius 2 is 2.22 bits per heavy atom. The van der Waals surface area contributed by atoms with Gasteiger partial charge in [-0.15, -0.1) is 0 Å². The average molecular weight is 241 g/mol. The molecule has 2 aromatic rings. The third-order valence-corrected chi connectivity index (χ3v) is 2.25. The highest BCUT2D eigenvalue weighted by atomic mass is 16.5. The van der Waals surface area contributed by atoms with Crippen molar-refractivity contribution < 1.29 is 4.74 Å². The molecule has 18 heavy (non-hydrogen) atoms. The molecule has 0 unspecified atom stereocenters. The molecule has 0 atom stereocenters. The molecule has 0 aliphatic heterocycles. The van der Waals surface area contributed by atoms with E-state index in [9.17, 15) is 0 Å². The van der Waals surface area contributed by atoms with Gasteiger partial charge in [-0.3, -0.25) is 0 Å². The first kappa shape index (κ1) is 11.8. The van der Waals surface area contributed by atoms with Gasteiger partial charge in [0.2, 0.25) is 11.8 Å². The number of nitrogens with one attached hydrogen (secondary N) is 1. The Morgan fingerprint density at radius 1 is 1.33 bits per heavy atom. The van der Waals surface area contributed by atoms with Crippen LogP contribution in [0, 0.1) is 11.3 Å². The number of rotatable bonds is 4. The van der Waals surface area contributed by atoms with Crippen molar-refractivity contribution >= 4 is 5.95 Å². The number of hydrogen-bond acceptors (Lipinski definition) is 6. The number of ether oxygens (including phenoxy) is 1. The van der Waals surface area contributed by atoms with Crippen LogP contribution in [0.15, 0.2) is 30.6 Å². The molecule has 1 N–H and O–H groups in total. The lowest BCUT2D eigenvalue weighted by Gasteiger charge is -2.07. The van der Waals surface area contributed by atoms with Gasteiger partial charge < -0.3 is 10.1 Å². The van der Waals surface area contributed by atoms with Crippen LogP contribution >= 0.6 is 0 Å². The Morgan fingerprint density at radius 3 is 3.00 bits per heavy atom. The Bertz CT molecular complexity index is 579. The van der Waals surface area contributed by atoms with Gasteiger partial charge in [0, 0.05) is 24.5 Å². The van der Waals surface area contributed by atoms with Crippen molar-refractivity contribution in [3.05, 3.63) is 41.9 Å². The molecule has 0 fully saturated rings. The van der Waals surface area contributed by atoms with Gasteiger partial charge in [0.25, 0.3) is 0 Å². The maximum absolute atomic E-state index is 8.73. The third kappa shape index (κ3) is 2.71. The molecule has 0 aliphatic rings. The van der Waals surface area contributed by atoms with Crippen LogP contribution in [0.3, 0.4) is 0 Å². The van der Waals surface area contributed by atoms with E-state index in [4.69, 9.17) is 10.00 Å². The molecule has 0 bridgehead atoms. The van der Waals surface area contributed by atoms with Crippen LogP contribution in [0.2, 0.25) is 0 Å². The van der Waals surface area contributed by atoms with E-state index in [-0.39, 0.29) is 0 Å². The number of nitriles is 1. The predicted octanol–water partition coefficient (Wildman–Crippen LogP) is 1.36. The molecule has 2 heterocycles. The second-order valence-electron chi connectivity index (χ2n) is 3.40. The van der Waals surface area contributed by atoms with E-state index in [0.29, 0.717) is 24.1 Å². The predicted molar refractivity (Wildman–Crippen MR) is 64.9 cm³/mol. The summed E-state index contributed by atoms with van der Waals surface area (Å²) in [7, 11) is 1.57. The van der Waals surface area contributed by atoms with Crippen molar-refractivity contribution in [2.75, 3.05) is 12.4 Å². The number of nitrogens with zero attached hydrogens (tertiary/aromatic N) is 4. The first-order valence-electron chi connectivity index (χ1n) is 5.28. The Hall–Kier alpha value is -2.68. The summed E-state index contributed by atoms with van der Waals surface area (Å²) >= 11 is 0. The molecule has 2 rings (SSSR count). The Balaban J connectivity index is 2.09. The fourth-order valence-electron chi connectivity index (χ4n) is 1.42. The lowest BCUT2D eigenvalue weighted by Crippen LogP contribution is -2.06. The topological polar surface area (TPSA) is 83.7 Å². The summed E-state index contributed by atoms with van der Waals surface area (Å²) in [5.41, 5.74) is 1.22. The van der Waals surface area contributed by atoms with Gasteiger partial charge in [0.15, 0.2) is 0 Å². The third-order valence-electron chi connectivity index (χ3n) is 2.25. The van der Waals surface area contributed by atoms with Crippen LogP contribution in [0.4, 0.5) is 5.95 Å². The van der Waals surface area contributed by atoms with Crippen molar-refractivity contribution in [3.8, 4) is 11.9 Å². The van der Waals surface area contributed by atoms with E-state index in [0.717, 1.165) is 5.56 Å². The van der Waals surface area contributed by atoms with E-state index in [1.165, 1.54) is 6.20 Å². The van der Waals surface area contributed by atoms with E-state index in [2.05, 4.69) is 20.3 Å². The maximum Gasteiger partial charge on any atom is 0.224 e. The van der Waals surface area contributed by atoms with Gasteiger partial charge in [-0.25, -0.2) is 15.0 Å². The summed E-state index contributed by atoms with van der Waals surface area (Å²) in [6, 6.07) is 7.23. The minimum atomic E-state index is 0.325. The largest absolute Gasteiger partial charge is 0.481 e. The van der Waals surface area contributed by atoms with E-state index < -0.39 is 0 Å². The van der Waals surface area contributed by atoms with Crippen LogP contribution in [0.25, 0.3) is 0 Å². The second-order valence-corrected chi connectivity index (χ2v) is 3.40. The van der Waals surface area contributed by atoms with Crippen molar-refractivity contribution in [1.29, 1.82) is 5.26 Å². The molecule has 2 aromatic heterocycles. The van der Waals surface area contributed by atoms with Crippen LogP contribution < -0.4 is 10.1 Å². The number of methoxy groups -OCH3 is 1. The molecule has 0 radical (unpaired) electrons. The average Bonchev–Trinajstić information content (AvgIpc) is 2.45. The van der Waals surface area contributed by atoms with E-state index in [1.54, 1.807) is 19.4 Å². The van der Waals surface area contributed by atoms with Crippen molar-refractivity contribution in [3.63, 3.8) is 0 Å². The Labute approximate surface area is 104 Å². The summed E-state index contributed by atoms with van der Waals surface area (Å²) in [5, 5.41) is 11.7. The zero-order valence-corrected chi connectivity index (χ0v) is 9.79. The lowest BCUT2D eigenvalue weighted by molar-refractivity contribution is 0.393. The van der Waals surface area contributed by atoms with Gasteiger partial charge in [-0.2, -0.15) is 5.26 Å². The van der Waals surface area contributed by atoms with Crippen LogP contribution in [-0.2, 0) is 6.54 Å². The standard InChI is InChI=1S/C12H11N5O/c1-18-11-9(3-2-5-14-11)8-16-12-15-6-4-10(7-13)17-12/h2-6H,8H2,1H3,(H,15,16,17). The number of aromatic nitrogens is 3. The van der Waals surface area contributed by atoms with Crippen molar-refractivity contribution in [2.24, 2.45) is 0 Å². The maximum atomic E-state index is 8.73. The normalized spacial score (nSPS) is 9.56. The highest BCUT2D eigenvalue weighted by Gasteiger charge is 2.04. The number of hydrogen-bond donors (Lipinski definition) is 1. The number of anilines is 1. The Kier molecular flexibility index (Phi) is 3.66. The molecule has 6 heteroatoms. The molecule has 6 nitrogen and oxygen atoms in total. The smallest absolute Gasteiger partial charge is 0.224 e. The summed E-state index contributed by atoms with van der Waals surface area (Å²) in [6.07, 6.45) is 3.20. The molecule has 0 amide bonds. The fraction of sp³-hybridized carbons (Fsp3) is 0.167. The van der Waals surface area contributed by atoms with Gasteiger partial charge >= 0.3 is 0 Å². The monoisotopic (exact) mass is 241 g/mol. The summed E-state index contributed by atoms with van der Waals surface area (Å²) in [5.74, 6) is 0.960. The highest BCUT2D eigenvalue weighted by Crippen LogP contribution is 2.14. The molecule has 90 valence electrons. The highest BCUT2D eigenvalue weighted by molar-refractivity contribution is 5.34. The summed E-state index contributed by atoms with van der Waals surface area (Å²) < 4.78 is 5.13. The SMILES string of the molecule is COc1ncccc1CNc1nccc(C#N)n1. The quantitative estimate of drug-likeness (QED) is 0.870. The van der Waals surface area contributed by atoms with Gasteiger partial charge in [0.1, 0.15) is 11.8 Å². The zero-order valence-electron chi connectivity index (χ0n) is 9.79. The van der Waals surface area contributed by atoms with E-state index in [1.807, 2.05) is 18.2 Å². The summed E-state index contributed by atoms with van der Waals surface area (Å²) in [6.45, 7) is 0.478. The number of pyridine rings is 1. The van der Waals surface area contributed by atoms with Crippen molar-refractivity contribution in [2.45, 2.75) is 6.54 Å². The molecule has 0 saturated heterocycles. The minimum Gasteiger partial charge on any atom is -0.481 e. The van der Waals surface area contributed by atoms with Gasteiger partial charge in [-0.1, -0.05) is 6.07 Å².